The molecular weight excluding hydrogens is 212 g/mol. The highest BCUT2D eigenvalue weighted by Crippen LogP contribution is 2.32. The molecule has 0 aliphatic heterocycles. The summed E-state index contributed by atoms with van der Waals surface area (Å²) in [5.41, 5.74) is 13.7. The zero-order valence-electron chi connectivity index (χ0n) is 11.5. The molecule has 1 unspecified atom stereocenters. The Hall–Kier alpha value is -1.06. The molecule has 0 fully saturated rings. The van der Waals surface area contributed by atoms with Gasteiger partial charge in [-0.1, -0.05) is 26.8 Å². The van der Waals surface area contributed by atoms with E-state index in [1.54, 1.807) is 7.11 Å². The average Bonchev–Trinajstić information content (AvgIpc) is 2.27. The van der Waals surface area contributed by atoms with Gasteiger partial charge in [0.1, 0.15) is 5.75 Å². The van der Waals surface area contributed by atoms with Crippen LogP contribution in [0, 0.1) is 0 Å². The van der Waals surface area contributed by atoms with Crippen LogP contribution in [0.1, 0.15) is 38.8 Å². The Bertz CT molecular complexity index is 392. The van der Waals surface area contributed by atoms with Gasteiger partial charge in [-0.15, -0.1) is 0 Å². The predicted molar refractivity (Wildman–Crippen MR) is 72.3 cm³/mol. The van der Waals surface area contributed by atoms with Crippen LogP contribution in [0.15, 0.2) is 18.2 Å². The maximum atomic E-state index is 6.22. The molecule has 1 aromatic rings. The maximum Gasteiger partial charge on any atom is 0.123 e. The lowest BCUT2D eigenvalue weighted by atomic mass is 9.82. The normalized spacial score (nSPS) is 15.5. The second-order valence-corrected chi connectivity index (χ2v) is 5.79. The van der Waals surface area contributed by atoms with Crippen molar-refractivity contribution in [1.82, 2.24) is 0 Å². The molecule has 0 bridgehead atoms. The third kappa shape index (κ3) is 2.99. The van der Waals surface area contributed by atoms with Crippen molar-refractivity contribution in [3.63, 3.8) is 0 Å². The first-order valence-electron chi connectivity index (χ1n) is 5.90. The van der Waals surface area contributed by atoms with Gasteiger partial charge in [0.05, 0.1) is 12.6 Å². The van der Waals surface area contributed by atoms with Gasteiger partial charge in [0, 0.05) is 12.1 Å². The Labute approximate surface area is 104 Å². The highest BCUT2D eigenvalue weighted by molar-refractivity contribution is 5.43. The summed E-state index contributed by atoms with van der Waals surface area (Å²) in [5, 5.41) is 0. The minimum atomic E-state index is -0.563. The van der Waals surface area contributed by atoms with Gasteiger partial charge in [-0.2, -0.15) is 0 Å². The predicted octanol–water partition coefficient (Wildman–Crippen LogP) is 2.13. The lowest BCUT2D eigenvalue weighted by Crippen LogP contribution is -2.41. The Morgan fingerprint density at radius 1 is 1.18 bits per heavy atom. The fourth-order valence-electron chi connectivity index (χ4n) is 1.73. The van der Waals surface area contributed by atoms with Gasteiger partial charge >= 0.3 is 0 Å². The lowest BCUT2D eigenvalue weighted by molar-refractivity contribution is 0.388. The summed E-state index contributed by atoms with van der Waals surface area (Å²) in [4.78, 5) is 0. The van der Waals surface area contributed by atoms with Crippen LogP contribution in [0.2, 0.25) is 0 Å². The van der Waals surface area contributed by atoms with Gasteiger partial charge in [0.25, 0.3) is 0 Å². The highest BCUT2D eigenvalue weighted by Gasteiger charge is 2.25. The lowest BCUT2D eigenvalue weighted by Gasteiger charge is -2.28. The van der Waals surface area contributed by atoms with Crippen molar-refractivity contribution in [2.75, 3.05) is 13.7 Å². The van der Waals surface area contributed by atoms with E-state index >= 15 is 0 Å². The van der Waals surface area contributed by atoms with Gasteiger partial charge in [-0.05, 0) is 30.0 Å². The molecule has 4 N–H and O–H groups in total. The van der Waals surface area contributed by atoms with E-state index in [1.165, 1.54) is 5.56 Å². The van der Waals surface area contributed by atoms with E-state index in [1.807, 2.05) is 13.0 Å². The molecule has 0 radical (unpaired) electrons. The van der Waals surface area contributed by atoms with Crippen LogP contribution in [-0.4, -0.2) is 13.7 Å². The molecule has 0 amide bonds. The molecule has 17 heavy (non-hydrogen) atoms. The van der Waals surface area contributed by atoms with Gasteiger partial charge in [0.15, 0.2) is 0 Å². The first-order valence-corrected chi connectivity index (χ1v) is 5.90. The summed E-state index contributed by atoms with van der Waals surface area (Å²) in [6, 6.07) is 6.15. The molecular formula is C14H24N2O. The second kappa shape index (κ2) is 4.67. The largest absolute Gasteiger partial charge is 0.496 e. The van der Waals surface area contributed by atoms with Crippen LogP contribution in [0.25, 0.3) is 0 Å². The average molecular weight is 236 g/mol. The summed E-state index contributed by atoms with van der Waals surface area (Å²) < 4.78 is 5.37. The third-order valence-electron chi connectivity index (χ3n) is 3.10. The Morgan fingerprint density at radius 3 is 2.18 bits per heavy atom. The molecule has 0 saturated heterocycles. The Morgan fingerprint density at radius 2 is 1.76 bits per heavy atom. The number of methoxy groups -OCH3 is 1. The Balaban J connectivity index is 3.35. The van der Waals surface area contributed by atoms with E-state index in [-0.39, 0.29) is 5.41 Å². The fraction of sp³-hybridized carbons (Fsp3) is 0.571. The van der Waals surface area contributed by atoms with E-state index in [0.717, 1.165) is 11.3 Å². The summed E-state index contributed by atoms with van der Waals surface area (Å²) in [6.07, 6.45) is 0. The van der Waals surface area contributed by atoms with Crippen molar-refractivity contribution in [3.05, 3.63) is 29.3 Å². The first-order chi connectivity index (χ1) is 7.72. The molecule has 1 atom stereocenters. The first kappa shape index (κ1) is 14.0. The summed E-state index contributed by atoms with van der Waals surface area (Å²) in [6.45, 7) is 8.84. The zero-order chi connectivity index (χ0) is 13.3. The van der Waals surface area contributed by atoms with Crippen LogP contribution in [0.5, 0.6) is 5.75 Å². The molecule has 0 spiro atoms. The van der Waals surface area contributed by atoms with Crippen LogP contribution in [0.3, 0.4) is 0 Å². The molecule has 0 saturated carbocycles. The van der Waals surface area contributed by atoms with Crippen molar-refractivity contribution in [2.45, 2.75) is 38.6 Å². The number of nitrogens with two attached hydrogens (primary N) is 2. The number of benzene rings is 1. The maximum absolute atomic E-state index is 6.22. The molecule has 0 heterocycles. The van der Waals surface area contributed by atoms with E-state index in [0.29, 0.717) is 6.54 Å². The minimum Gasteiger partial charge on any atom is -0.496 e. The molecule has 0 aliphatic carbocycles. The van der Waals surface area contributed by atoms with Gasteiger partial charge in [-0.25, -0.2) is 0 Å². The molecule has 3 nitrogen and oxygen atoms in total. The van der Waals surface area contributed by atoms with Crippen molar-refractivity contribution in [3.8, 4) is 5.75 Å². The van der Waals surface area contributed by atoms with Crippen LogP contribution in [0.4, 0.5) is 0 Å². The highest BCUT2D eigenvalue weighted by atomic mass is 16.5. The van der Waals surface area contributed by atoms with Gasteiger partial charge in [-0.3, -0.25) is 0 Å². The van der Waals surface area contributed by atoms with E-state index in [9.17, 15) is 0 Å². The zero-order valence-corrected chi connectivity index (χ0v) is 11.5. The van der Waals surface area contributed by atoms with Crippen molar-refractivity contribution < 1.29 is 4.74 Å². The fourth-order valence-corrected chi connectivity index (χ4v) is 1.73. The van der Waals surface area contributed by atoms with Crippen LogP contribution in [-0.2, 0) is 11.0 Å². The van der Waals surface area contributed by atoms with E-state index in [2.05, 4.69) is 32.9 Å². The van der Waals surface area contributed by atoms with Crippen molar-refractivity contribution in [1.29, 1.82) is 0 Å². The van der Waals surface area contributed by atoms with Crippen LogP contribution < -0.4 is 16.2 Å². The van der Waals surface area contributed by atoms with Crippen LogP contribution >= 0.6 is 0 Å². The van der Waals surface area contributed by atoms with Crippen molar-refractivity contribution in [2.24, 2.45) is 11.5 Å². The summed E-state index contributed by atoms with van der Waals surface area (Å²) >= 11 is 0. The summed E-state index contributed by atoms with van der Waals surface area (Å²) in [7, 11) is 1.65. The Kier molecular flexibility index (Phi) is 3.84. The molecule has 0 aliphatic rings. The standard InChI is InChI=1S/C14H24N2O/c1-13(2,3)10-6-7-12(17-5)11(8-10)14(4,16)9-15/h6-8H,9,15-16H2,1-5H3. The molecule has 3 heteroatoms. The van der Waals surface area contributed by atoms with E-state index < -0.39 is 5.54 Å². The molecule has 96 valence electrons. The molecule has 1 rings (SSSR count). The summed E-state index contributed by atoms with van der Waals surface area (Å²) in [5.74, 6) is 0.799. The van der Waals surface area contributed by atoms with Gasteiger partial charge < -0.3 is 16.2 Å². The van der Waals surface area contributed by atoms with Crippen molar-refractivity contribution >= 4 is 0 Å². The minimum absolute atomic E-state index is 0.0890. The number of hydrogen-bond donors (Lipinski definition) is 2. The number of hydrogen-bond acceptors (Lipinski definition) is 3. The monoisotopic (exact) mass is 236 g/mol. The number of rotatable bonds is 3. The SMILES string of the molecule is COc1ccc(C(C)(C)C)cc1C(C)(N)CN. The third-order valence-corrected chi connectivity index (χ3v) is 3.10. The topological polar surface area (TPSA) is 61.3 Å². The van der Waals surface area contributed by atoms with Gasteiger partial charge in [0.2, 0.25) is 0 Å². The quantitative estimate of drug-likeness (QED) is 0.845. The number of ether oxygens (including phenoxy) is 1. The molecule has 1 aromatic carbocycles. The smallest absolute Gasteiger partial charge is 0.123 e. The van der Waals surface area contributed by atoms with E-state index in [4.69, 9.17) is 16.2 Å². The second-order valence-electron chi connectivity index (χ2n) is 5.79. The molecule has 0 aromatic heterocycles.